The molecule has 1 aliphatic heterocycles. The van der Waals surface area contributed by atoms with Crippen LogP contribution in [0.2, 0.25) is 0 Å². The minimum absolute atomic E-state index is 0.103. The van der Waals surface area contributed by atoms with Gasteiger partial charge < -0.3 is 10.1 Å². The van der Waals surface area contributed by atoms with Crippen LogP contribution in [0.5, 0.6) is 0 Å². The fraction of sp³-hybridized carbons (Fsp3) is 0.526. The van der Waals surface area contributed by atoms with Crippen LogP contribution in [0.4, 0.5) is 5.82 Å². The number of anilines is 1. The lowest BCUT2D eigenvalue weighted by Crippen LogP contribution is -2.47. The standard InChI is InChI=1S/C19H26N4O3/c1-13-4-6-15(7-5-13)10-16-11-23(9-8-17(16)25-3)12-18(24)20-19-14(2)21-26-22-19/h4-7,16-17H,8-12H2,1-3H3,(H,20,22,24)/t16-,17-/m1/s1. The number of benzene rings is 1. The van der Waals surface area contributed by atoms with E-state index in [4.69, 9.17) is 4.74 Å². The van der Waals surface area contributed by atoms with Crippen molar-refractivity contribution in [3.8, 4) is 0 Å². The third kappa shape index (κ3) is 4.68. The van der Waals surface area contributed by atoms with Crippen LogP contribution < -0.4 is 5.32 Å². The zero-order valence-corrected chi connectivity index (χ0v) is 15.6. The molecule has 0 aliphatic carbocycles. The lowest BCUT2D eigenvalue weighted by atomic mass is 9.88. The van der Waals surface area contributed by atoms with Crippen molar-refractivity contribution in [2.75, 3.05) is 32.1 Å². The molecule has 0 saturated carbocycles. The number of aromatic nitrogens is 2. The Bertz CT molecular complexity index is 729. The van der Waals surface area contributed by atoms with E-state index in [1.54, 1.807) is 14.0 Å². The third-order valence-corrected chi connectivity index (χ3v) is 4.95. The van der Waals surface area contributed by atoms with E-state index in [1.165, 1.54) is 11.1 Å². The Hall–Kier alpha value is -2.25. The summed E-state index contributed by atoms with van der Waals surface area (Å²) in [6, 6.07) is 8.63. The highest BCUT2D eigenvalue weighted by Gasteiger charge is 2.30. The van der Waals surface area contributed by atoms with Gasteiger partial charge in [-0.25, -0.2) is 4.63 Å². The normalized spacial score (nSPS) is 20.9. The first-order chi connectivity index (χ1) is 12.5. The fourth-order valence-corrected chi connectivity index (χ4v) is 3.48. The van der Waals surface area contributed by atoms with Gasteiger partial charge in [0.15, 0.2) is 5.82 Å². The molecule has 140 valence electrons. The summed E-state index contributed by atoms with van der Waals surface area (Å²) < 4.78 is 10.3. The van der Waals surface area contributed by atoms with E-state index in [1.807, 2.05) is 0 Å². The zero-order valence-electron chi connectivity index (χ0n) is 15.6. The van der Waals surface area contributed by atoms with Crippen LogP contribution in [0.15, 0.2) is 28.9 Å². The van der Waals surface area contributed by atoms with Gasteiger partial charge in [0.25, 0.3) is 0 Å². The summed E-state index contributed by atoms with van der Waals surface area (Å²) in [6.07, 6.45) is 2.09. The molecule has 7 nitrogen and oxygen atoms in total. The number of nitrogens with zero attached hydrogens (tertiary/aromatic N) is 3. The number of methoxy groups -OCH3 is 1. The molecule has 1 aromatic carbocycles. The van der Waals surface area contributed by atoms with Crippen LogP contribution in [0.3, 0.4) is 0 Å². The largest absolute Gasteiger partial charge is 0.381 e. The van der Waals surface area contributed by atoms with Crippen molar-refractivity contribution in [1.82, 2.24) is 15.2 Å². The van der Waals surface area contributed by atoms with E-state index in [0.717, 1.165) is 25.9 Å². The summed E-state index contributed by atoms with van der Waals surface area (Å²) in [4.78, 5) is 14.5. The van der Waals surface area contributed by atoms with Gasteiger partial charge in [0.2, 0.25) is 5.91 Å². The minimum Gasteiger partial charge on any atom is -0.381 e. The van der Waals surface area contributed by atoms with Crippen molar-refractivity contribution < 1.29 is 14.2 Å². The van der Waals surface area contributed by atoms with Crippen LogP contribution >= 0.6 is 0 Å². The maximum atomic E-state index is 12.3. The highest BCUT2D eigenvalue weighted by atomic mass is 16.6. The number of likely N-dealkylation sites (tertiary alicyclic amines) is 1. The summed E-state index contributed by atoms with van der Waals surface area (Å²) >= 11 is 0. The Kier molecular flexibility index (Phi) is 6.00. The molecule has 3 rings (SSSR count). The second-order valence-corrected chi connectivity index (χ2v) is 6.99. The summed E-state index contributed by atoms with van der Waals surface area (Å²) in [5.74, 6) is 0.645. The molecular weight excluding hydrogens is 332 g/mol. The van der Waals surface area contributed by atoms with E-state index in [2.05, 4.69) is 56.3 Å². The monoisotopic (exact) mass is 358 g/mol. The summed E-state index contributed by atoms with van der Waals surface area (Å²) in [6.45, 7) is 5.83. The number of hydrogen-bond acceptors (Lipinski definition) is 6. The predicted molar refractivity (Wildman–Crippen MR) is 97.9 cm³/mol. The van der Waals surface area contributed by atoms with Crippen LogP contribution in [0.1, 0.15) is 23.2 Å². The summed E-state index contributed by atoms with van der Waals surface area (Å²) in [5.41, 5.74) is 3.14. The van der Waals surface area contributed by atoms with Crippen molar-refractivity contribution in [2.24, 2.45) is 5.92 Å². The maximum absolute atomic E-state index is 12.3. The summed E-state index contributed by atoms with van der Waals surface area (Å²) in [5, 5.41) is 10.1. The van der Waals surface area contributed by atoms with E-state index < -0.39 is 0 Å². The second kappa shape index (κ2) is 8.42. The van der Waals surface area contributed by atoms with Crippen LogP contribution in [0, 0.1) is 19.8 Å². The molecule has 7 heteroatoms. The number of piperidine rings is 1. The molecular formula is C19H26N4O3. The molecule has 0 radical (unpaired) electrons. The second-order valence-electron chi connectivity index (χ2n) is 6.99. The van der Waals surface area contributed by atoms with Crippen molar-refractivity contribution in [1.29, 1.82) is 0 Å². The molecule has 1 aromatic heterocycles. The highest BCUT2D eigenvalue weighted by Crippen LogP contribution is 2.24. The summed E-state index contributed by atoms with van der Waals surface area (Å²) in [7, 11) is 1.77. The predicted octanol–water partition coefficient (Wildman–Crippen LogP) is 2.20. The molecule has 2 atom stereocenters. The topological polar surface area (TPSA) is 80.5 Å². The number of rotatable bonds is 6. The molecule has 0 spiro atoms. The Morgan fingerprint density at radius 3 is 2.73 bits per heavy atom. The fourth-order valence-electron chi connectivity index (χ4n) is 3.48. The van der Waals surface area contributed by atoms with E-state index >= 15 is 0 Å². The molecule has 1 fully saturated rings. The first-order valence-corrected chi connectivity index (χ1v) is 8.95. The first kappa shape index (κ1) is 18.5. The molecule has 1 aliphatic rings. The van der Waals surface area contributed by atoms with Gasteiger partial charge in [-0.05, 0) is 37.4 Å². The quantitative estimate of drug-likeness (QED) is 0.853. The molecule has 1 N–H and O–H groups in total. The Morgan fingerprint density at radius 1 is 1.31 bits per heavy atom. The van der Waals surface area contributed by atoms with Gasteiger partial charge in [0.1, 0.15) is 5.69 Å². The van der Waals surface area contributed by atoms with E-state index in [-0.39, 0.29) is 12.0 Å². The molecule has 0 bridgehead atoms. The van der Waals surface area contributed by atoms with Crippen molar-refractivity contribution in [3.05, 3.63) is 41.1 Å². The van der Waals surface area contributed by atoms with Gasteiger partial charge in [-0.2, -0.15) is 0 Å². The molecule has 2 heterocycles. The van der Waals surface area contributed by atoms with Crippen LogP contribution in [0.25, 0.3) is 0 Å². The zero-order chi connectivity index (χ0) is 18.5. The number of ether oxygens (including phenoxy) is 1. The third-order valence-electron chi connectivity index (χ3n) is 4.95. The number of carbonyl (C=O) groups excluding carboxylic acids is 1. The Balaban J connectivity index is 1.58. The lowest BCUT2D eigenvalue weighted by Gasteiger charge is -2.37. The van der Waals surface area contributed by atoms with E-state index in [9.17, 15) is 4.79 Å². The van der Waals surface area contributed by atoms with Gasteiger partial charge in [-0.15, -0.1) is 0 Å². The number of amides is 1. The number of nitrogens with one attached hydrogen (secondary N) is 1. The van der Waals surface area contributed by atoms with Crippen LogP contribution in [-0.2, 0) is 16.0 Å². The average Bonchev–Trinajstić information content (AvgIpc) is 3.02. The first-order valence-electron chi connectivity index (χ1n) is 8.95. The van der Waals surface area contributed by atoms with Crippen LogP contribution in [-0.4, -0.2) is 54.0 Å². The van der Waals surface area contributed by atoms with Gasteiger partial charge in [0.05, 0.1) is 12.6 Å². The number of carbonyl (C=O) groups is 1. The minimum atomic E-state index is -0.103. The van der Waals surface area contributed by atoms with Crippen molar-refractivity contribution >= 4 is 11.7 Å². The lowest BCUT2D eigenvalue weighted by molar-refractivity contribution is -0.118. The Labute approximate surface area is 153 Å². The van der Waals surface area contributed by atoms with Crippen molar-refractivity contribution in [2.45, 2.75) is 32.8 Å². The van der Waals surface area contributed by atoms with Gasteiger partial charge in [-0.1, -0.05) is 35.0 Å². The SMILES string of the molecule is CO[C@@H]1CCN(CC(=O)Nc2nonc2C)C[C@H]1Cc1ccc(C)cc1. The molecule has 0 unspecified atom stereocenters. The van der Waals surface area contributed by atoms with Gasteiger partial charge in [-0.3, -0.25) is 9.69 Å². The molecule has 2 aromatic rings. The molecule has 1 saturated heterocycles. The van der Waals surface area contributed by atoms with Gasteiger partial charge >= 0.3 is 0 Å². The number of aryl methyl sites for hydroxylation is 2. The smallest absolute Gasteiger partial charge is 0.239 e. The van der Waals surface area contributed by atoms with Gasteiger partial charge in [0, 0.05) is 26.1 Å². The average molecular weight is 358 g/mol. The van der Waals surface area contributed by atoms with Crippen molar-refractivity contribution in [3.63, 3.8) is 0 Å². The Morgan fingerprint density at radius 2 is 2.08 bits per heavy atom. The molecule has 26 heavy (non-hydrogen) atoms. The highest BCUT2D eigenvalue weighted by molar-refractivity contribution is 5.91. The maximum Gasteiger partial charge on any atom is 0.239 e. The number of hydrogen-bond donors (Lipinski definition) is 1. The van der Waals surface area contributed by atoms with E-state index in [0.29, 0.717) is 24.0 Å². The molecule has 1 amide bonds.